The van der Waals surface area contributed by atoms with Gasteiger partial charge >= 0.3 is 0 Å². The normalized spacial score (nSPS) is 12.1. The van der Waals surface area contributed by atoms with Gasteiger partial charge in [-0.25, -0.2) is 0 Å². The number of aliphatic hydroxyl groups is 1. The van der Waals surface area contributed by atoms with Crippen molar-refractivity contribution in [1.29, 1.82) is 0 Å². The van der Waals surface area contributed by atoms with E-state index in [1.807, 2.05) is 35.0 Å². The topological polar surface area (TPSA) is 49.3 Å². The molecule has 100 valence electrons. The van der Waals surface area contributed by atoms with E-state index in [4.69, 9.17) is 11.6 Å². The zero-order valence-corrected chi connectivity index (χ0v) is 11.7. The van der Waals surface area contributed by atoms with Crippen molar-refractivity contribution in [2.45, 2.75) is 12.5 Å². The van der Waals surface area contributed by atoms with Crippen LogP contribution in [0.15, 0.2) is 41.1 Å². The number of hydrogen-bond acceptors (Lipinski definition) is 3. The molecule has 0 saturated heterocycles. The van der Waals surface area contributed by atoms with Gasteiger partial charge in [-0.3, -0.25) is 4.79 Å². The molecule has 1 heterocycles. The smallest absolute Gasteiger partial charge is 0.224 e. The Kier molecular flexibility index (Phi) is 4.96. The molecule has 2 aromatic rings. The molecule has 1 aromatic carbocycles. The molecule has 0 bridgehead atoms. The van der Waals surface area contributed by atoms with Crippen LogP contribution in [0.2, 0.25) is 5.02 Å². The summed E-state index contributed by atoms with van der Waals surface area (Å²) in [5, 5.41) is 16.9. The molecular formula is C14H14ClNO2S. The molecule has 0 radical (unpaired) electrons. The number of thiophene rings is 1. The molecule has 3 nitrogen and oxygen atoms in total. The Hall–Kier alpha value is -1.36. The van der Waals surface area contributed by atoms with Gasteiger partial charge in [0.1, 0.15) is 0 Å². The highest BCUT2D eigenvalue weighted by Crippen LogP contribution is 2.16. The number of rotatable bonds is 5. The van der Waals surface area contributed by atoms with Crippen LogP contribution >= 0.6 is 22.9 Å². The second-order valence-corrected chi connectivity index (χ2v) is 5.33. The van der Waals surface area contributed by atoms with E-state index in [0.29, 0.717) is 5.02 Å². The van der Waals surface area contributed by atoms with Crippen molar-refractivity contribution in [1.82, 2.24) is 5.32 Å². The van der Waals surface area contributed by atoms with Gasteiger partial charge < -0.3 is 10.4 Å². The third-order valence-electron chi connectivity index (χ3n) is 2.73. The molecule has 1 atom stereocenters. The van der Waals surface area contributed by atoms with Gasteiger partial charge in [0.25, 0.3) is 0 Å². The highest BCUT2D eigenvalue weighted by atomic mass is 35.5. The lowest BCUT2D eigenvalue weighted by Crippen LogP contribution is -2.29. The van der Waals surface area contributed by atoms with Gasteiger partial charge in [-0.15, -0.1) is 0 Å². The fourth-order valence-electron chi connectivity index (χ4n) is 1.67. The van der Waals surface area contributed by atoms with Crippen LogP contribution in [0.4, 0.5) is 0 Å². The minimum atomic E-state index is -0.665. The maximum Gasteiger partial charge on any atom is 0.224 e. The standard InChI is InChI=1S/C14H14ClNO2S/c15-12-4-2-1-3-10(12)7-14(18)16-8-13(17)11-5-6-19-9-11/h1-6,9,13,17H,7-8H2,(H,16,18). The number of nitrogens with one attached hydrogen (secondary N) is 1. The molecule has 1 amide bonds. The molecule has 0 spiro atoms. The number of carbonyl (C=O) groups is 1. The number of aliphatic hydroxyl groups excluding tert-OH is 1. The van der Waals surface area contributed by atoms with E-state index in [-0.39, 0.29) is 18.9 Å². The molecule has 1 aromatic heterocycles. The molecule has 0 aliphatic heterocycles. The van der Waals surface area contributed by atoms with Crippen LogP contribution in [0.3, 0.4) is 0 Å². The summed E-state index contributed by atoms with van der Waals surface area (Å²) in [6, 6.07) is 9.08. The molecule has 0 saturated carbocycles. The predicted molar refractivity (Wildman–Crippen MR) is 77.4 cm³/mol. The summed E-state index contributed by atoms with van der Waals surface area (Å²) in [6.07, 6.45) is -0.447. The molecule has 5 heteroatoms. The number of carbonyl (C=O) groups excluding carboxylic acids is 1. The zero-order valence-electron chi connectivity index (χ0n) is 10.2. The maximum atomic E-state index is 11.8. The van der Waals surface area contributed by atoms with Crippen molar-refractivity contribution < 1.29 is 9.90 Å². The van der Waals surface area contributed by atoms with E-state index in [2.05, 4.69) is 5.32 Å². The van der Waals surface area contributed by atoms with E-state index in [0.717, 1.165) is 11.1 Å². The summed E-state index contributed by atoms with van der Waals surface area (Å²) in [6.45, 7) is 0.208. The van der Waals surface area contributed by atoms with Crippen molar-refractivity contribution in [3.05, 3.63) is 57.2 Å². The number of hydrogen-bond donors (Lipinski definition) is 2. The van der Waals surface area contributed by atoms with Crippen LogP contribution in [0.25, 0.3) is 0 Å². The minimum absolute atomic E-state index is 0.151. The zero-order chi connectivity index (χ0) is 13.7. The Balaban J connectivity index is 1.84. The van der Waals surface area contributed by atoms with Crippen LogP contribution in [0.5, 0.6) is 0 Å². The third-order valence-corrected chi connectivity index (χ3v) is 3.80. The Labute approximate surface area is 120 Å². The van der Waals surface area contributed by atoms with Crippen LogP contribution in [0, 0.1) is 0 Å². The molecule has 2 rings (SSSR count). The monoisotopic (exact) mass is 295 g/mol. The lowest BCUT2D eigenvalue weighted by molar-refractivity contribution is -0.120. The molecule has 0 fully saturated rings. The van der Waals surface area contributed by atoms with Crippen LogP contribution in [-0.4, -0.2) is 17.6 Å². The van der Waals surface area contributed by atoms with Gasteiger partial charge in [0, 0.05) is 11.6 Å². The summed E-state index contributed by atoms with van der Waals surface area (Å²) >= 11 is 7.50. The van der Waals surface area contributed by atoms with Gasteiger partial charge in [-0.1, -0.05) is 29.8 Å². The molecule has 1 unspecified atom stereocenters. The third kappa shape index (κ3) is 4.06. The molecule has 19 heavy (non-hydrogen) atoms. The fourth-order valence-corrected chi connectivity index (χ4v) is 2.58. The largest absolute Gasteiger partial charge is 0.387 e. The average Bonchev–Trinajstić information content (AvgIpc) is 2.93. The number of amides is 1. The second kappa shape index (κ2) is 6.70. The highest BCUT2D eigenvalue weighted by Gasteiger charge is 2.11. The summed E-state index contributed by atoms with van der Waals surface area (Å²) in [7, 11) is 0. The number of benzene rings is 1. The summed E-state index contributed by atoms with van der Waals surface area (Å²) in [5.74, 6) is -0.151. The lowest BCUT2D eigenvalue weighted by atomic mass is 10.1. The van der Waals surface area contributed by atoms with Gasteiger partial charge in [0.15, 0.2) is 0 Å². The Bertz CT molecular complexity index is 542. The van der Waals surface area contributed by atoms with Crippen LogP contribution in [0.1, 0.15) is 17.2 Å². The average molecular weight is 296 g/mol. The Morgan fingerprint density at radius 3 is 2.84 bits per heavy atom. The van der Waals surface area contributed by atoms with Crippen molar-refractivity contribution in [2.24, 2.45) is 0 Å². The van der Waals surface area contributed by atoms with Crippen LogP contribution < -0.4 is 5.32 Å². The van der Waals surface area contributed by atoms with E-state index in [1.165, 1.54) is 11.3 Å². The number of halogens is 1. The van der Waals surface area contributed by atoms with Gasteiger partial charge in [0.05, 0.1) is 12.5 Å². The minimum Gasteiger partial charge on any atom is -0.387 e. The molecular weight excluding hydrogens is 282 g/mol. The first-order valence-electron chi connectivity index (χ1n) is 5.87. The second-order valence-electron chi connectivity index (χ2n) is 4.14. The predicted octanol–water partition coefficient (Wildman–Crippen LogP) is 2.79. The van der Waals surface area contributed by atoms with E-state index in [9.17, 15) is 9.90 Å². The Morgan fingerprint density at radius 2 is 2.16 bits per heavy atom. The van der Waals surface area contributed by atoms with Crippen molar-refractivity contribution in [2.75, 3.05) is 6.54 Å². The van der Waals surface area contributed by atoms with Crippen molar-refractivity contribution in [3.8, 4) is 0 Å². The maximum absolute atomic E-state index is 11.8. The molecule has 0 aliphatic rings. The van der Waals surface area contributed by atoms with Gasteiger partial charge in [-0.05, 0) is 34.0 Å². The van der Waals surface area contributed by atoms with Gasteiger partial charge in [0.2, 0.25) is 5.91 Å². The first-order valence-corrected chi connectivity index (χ1v) is 7.19. The summed E-state index contributed by atoms with van der Waals surface area (Å²) in [4.78, 5) is 11.8. The fraction of sp³-hybridized carbons (Fsp3) is 0.214. The first-order chi connectivity index (χ1) is 9.16. The highest BCUT2D eigenvalue weighted by molar-refractivity contribution is 7.07. The van der Waals surface area contributed by atoms with Crippen LogP contribution in [-0.2, 0) is 11.2 Å². The van der Waals surface area contributed by atoms with E-state index >= 15 is 0 Å². The van der Waals surface area contributed by atoms with Gasteiger partial charge in [-0.2, -0.15) is 11.3 Å². The Morgan fingerprint density at radius 1 is 1.37 bits per heavy atom. The summed E-state index contributed by atoms with van der Waals surface area (Å²) < 4.78 is 0. The van der Waals surface area contributed by atoms with Crippen molar-refractivity contribution >= 4 is 28.8 Å². The SMILES string of the molecule is O=C(Cc1ccccc1Cl)NCC(O)c1ccsc1. The quantitative estimate of drug-likeness (QED) is 0.891. The van der Waals surface area contributed by atoms with Crippen molar-refractivity contribution in [3.63, 3.8) is 0 Å². The molecule has 2 N–H and O–H groups in total. The molecule has 0 aliphatic carbocycles. The first kappa shape index (κ1) is 14.1. The van der Waals surface area contributed by atoms with E-state index < -0.39 is 6.10 Å². The van der Waals surface area contributed by atoms with E-state index in [1.54, 1.807) is 6.07 Å². The lowest BCUT2D eigenvalue weighted by Gasteiger charge is -2.11. The summed E-state index contributed by atoms with van der Waals surface area (Å²) in [5.41, 5.74) is 1.61.